The van der Waals surface area contributed by atoms with Crippen molar-refractivity contribution in [2.45, 2.75) is 26.2 Å². The number of hydrazone groups is 1. The highest BCUT2D eigenvalue weighted by Gasteiger charge is 2.25. The second-order valence-corrected chi connectivity index (χ2v) is 6.87. The molecular weight excluding hydrogens is 350 g/mol. The zero-order chi connectivity index (χ0) is 18.1. The van der Waals surface area contributed by atoms with Crippen LogP contribution in [0.3, 0.4) is 0 Å². The molecule has 5 nitrogen and oxygen atoms in total. The van der Waals surface area contributed by atoms with E-state index in [1.54, 1.807) is 0 Å². The van der Waals surface area contributed by atoms with Crippen LogP contribution in [-0.4, -0.2) is 16.6 Å². The predicted molar refractivity (Wildman–Crippen MR) is 102 cm³/mol. The Kier molecular flexibility index (Phi) is 4.47. The number of hydrogen-bond acceptors (Lipinski definition) is 4. The zero-order valence-corrected chi connectivity index (χ0v) is 15.1. The highest BCUT2D eigenvalue weighted by Crippen LogP contribution is 2.27. The van der Waals surface area contributed by atoms with Crippen LogP contribution < -0.4 is 5.43 Å². The van der Waals surface area contributed by atoms with E-state index in [2.05, 4.69) is 22.4 Å². The van der Waals surface area contributed by atoms with Crippen LogP contribution in [-0.2, 0) is 4.79 Å². The number of rotatable bonds is 4. The Balaban J connectivity index is 1.65. The lowest BCUT2D eigenvalue weighted by Gasteiger charge is -2.20. The van der Waals surface area contributed by atoms with Gasteiger partial charge in [0.05, 0.1) is 5.71 Å². The standard InChI is InChI=1S/C20H18ClN3O2/c1-2-3-14-10-17(23-24-19(14)25)13-6-9-16-18(11-13)26-20(22-16)12-4-7-15(21)8-5-12/h4-9,11,14H,2-3,10H2,1H3,(H,24,25). The quantitative estimate of drug-likeness (QED) is 0.720. The highest BCUT2D eigenvalue weighted by atomic mass is 35.5. The van der Waals surface area contributed by atoms with Gasteiger partial charge in [0.15, 0.2) is 5.58 Å². The number of halogens is 1. The van der Waals surface area contributed by atoms with Crippen molar-refractivity contribution in [2.75, 3.05) is 0 Å². The molecule has 2 heterocycles. The third-order valence-corrected chi connectivity index (χ3v) is 4.81. The summed E-state index contributed by atoms with van der Waals surface area (Å²) < 4.78 is 5.92. The molecule has 132 valence electrons. The number of hydrogen-bond donors (Lipinski definition) is 1. The van der Waals surface area contributed by atoms with Crippen molar-refractivity contribution in [3.63, 3.8) is 0 Å². The molecule has 26 heavy (non-hydrogen) atoms. The van der Waals surface area contributed by atoms with Crippen LogP contribution in [0.15, 0.2) is 52.0 Å². The Morgan fingerprint density at radius 2 is 1.96 bits per heavy atom. The van der Waals surface area contributed by atoms with E-state index in [1.165, 1.54) is 0 Å². The number of nitrogens with zero attached hydrogens (tertiary/aromatic N) is 2. The maximum Gasteiger partial charge on any atom is 0.243 e. The van der Waals surface area contributed by atoms with Crippen LogP contribution in [0, 0.1) is 5.92 Å². The van der Waals surface area contributed by atoms with Gasteiger partial charge in [0.25, 0.3) is 0 Å². The van der Waals surface area contributed by atoms with Gasteiger partial charge in [-0.25, -0.2) is 10.4 Å². The molecule has 0 bridgehead atoms. The fourth-order valence-corrected chi connectivity index (χ4v) is 3.30. The molecule has 6 heteroatoms. The van der Waals surface area contributed by atoms with Crippen LogP contribution in [0.25, 0.3) is 22.6 Å². The fourth-order valence-electron chi connectivity index (χ4n) is 3.17. The first-order valence-corrected chi connectivity index (χ1v) is 9.05. The van der Waals surface area contributed by atoms with E-state index >= 15 is 0 Å². The van der Waals surface area contributed by atoms with Gasteiger partial charge in [-0.1, -0.05) is 31.0 Å². The highest BCUT2D eigenvalue weighted by molar-refractivity contribution is 6.30. The number of benzene rings is 2. The summed E-state index contributed by atoms with van der Waals surface area (Å²) in [6.45, 7) is 2.08. The molecule has 0 spiro atoms. The Hall–Kier alpha value is -2.66. The van der Waals surface area contributed by atoms with E-state index in [0.717, 1.165) is 35.2 Å². The first-order valence-electron chi connectivity index (χ1n) is 8.67. The van der Waals surface area contributed by atoms with Gasteiger partial charge in [-0.2, -0.15) is 5.10 Å². The maximum absolute atomic E-state index is 11.9. The molecule has 1 N–H and O–H groups in total. The van der Waals surface area contributed by atoms with Gasteiger partial charge < -0.3 is 4.42 Å². The molecule has 1 aliphatic rings. The molecule has 1 unspecified atom stereocenters. The van der Waals surface area contributed by atoms with Crippen LogP contribution in [0.1, 0.15) is 31.7 Å². The Morgan fingerprint density at radius 3 is 2.73 bits per heavy atom. The molecular formula is C20H18ClN3O2. The van der Waals surface area contributed by atoms with Crippen LogP contribution >= 0.6 is 11.6 Å². The van der Waals surface area contributed by atoms with Crippen LogP contribution in [0.2, 0.25) is 5.02 Å². The average Bonchev–Trinajstić information content (AvgIpc) is 3.07. The molecule has 1 aromatic heterocycles. The van der Waals surface area contributed by atoms with E-state index in [1.807, 2.05) is 42.5 Å². The zero-order valence-electron chi connectivity index (χ0n) is 14.3. The molecule has 0 aliphatic carbocycles. The van der Waals surface area contributed by atoms with Gasteiger partial charge >= 0.3 is 0 Å². The van der Waals surface area contributed by atoms with E-state index < -0.39 is 0 Å². The Labute approximate surface area is 156 Å². The van der Waals surface area contributed by atoms with Crippen LogP contribution in [0.4, 0.5) is 0 Å². The molecule has 2 aromatic carbocycles. The van der Waals surface area contributed by atoms with Crippen molar-refractivity contribution in [1.29, 1.82) is 0 Å². The number of amides is 1. The molecule has 0 radical (unpaired) electrons. The second kappa shape index (κ2) is 6.92. The van der Waals surface area contributed by atoms with E-state index in [0.29, 0.717) is 22.9 Å². The summed E-state index contributed by atoms with van der Waals surface area (Å²) in [6.07, 6.45) is 2.47. The molecule has 4 rings (SSSR count). The molecule has 0 saturated carbocycles. The monoisotopic (exact) mass is 367 g/mol. The average molecular weight is 368 g/mol. The summed E-state index contributed by atoms with van der Waals surface area (Å²) >= 11 is 5.93. The first-order chi connectivity index (χ1) is 12.6. The minimum atomic E-state index is -0.0254. The van der Waals surface area contributed by atoms with E-state index in [9.17, 15) is 4.79 Å². The lowest BCUT2D eigenvalue weighted by molar-refractivity contribution is -0.125. The lowest BCUT2D eigenvalue weighted by atomic mass is 9.92. The molecule has 1 atom stereocenters. The number of carbonyl (C=O) groups excluding carboxylic acids is 1. The SMILES string of the molecule is CCCC1CC(c2ccc3nc(-c4ccc(Cl)cc4)oc3c2)=NNC1=O. The fraction of sp³-hybridized carbons (Fsp3) is 0.250. The molecule has 3 aromatic rings. The van der Waals surface area contributed by atoms with Gasteiger partial charge in [0, 0.05) is 28.5 Å². The van der Waals surface area contributed by atoms with Crippen molar-refractivity contribution in [3.8, 4) is 11.5 Å². The maximum atomic E-state index is 11.9. The van der Waals surface area contributed by atoms with Crippen LogP contribution in [0.5, 0.6) is 0 Å². The van der Waals surface area contributed by atoms with Crippen molar-refractivity contribution >= 4 is 34.3 Å². The summed E-state index contributed by atoms with van der Waals surface area (Å²) in [5.41, 5.74) is 6.80. The molecule has 0 fully saturated rings. The Morgan fingerprint density at radius 1 is 1.19 bits per heavy atom. The van der Waals surface area contributed by atoms with E-state index in [-0.39, 0.29) is 11.8 Å². The number of nitrogens with one attached hydrogen (secondary N) is 1. The number of fused-ring (bicyclic) bond motifs is 1. The second-order valence-electron chi connectivity index (χ2n) is 6.43. The smallest absolute Gasteiger partial charge is 0.243 e. The van der Waals surface area contributed by atoms with Gasteiger partial charge in [-0.3, -0.25) is 4.79 Å². The van der Waals surface area contributed by atoms with Crippen molar-refractivity contribution < 1.29 is 9.21 Å². The van der Waals surface area contributed by atoms with E-state index in [4.69, 9.17) is 16.0 Å². The third kappa shape index (κ3) is 3.22. The minimum absolute atomic E-state index is 0.00127. The van der Waals surface area contributed by atoms with Gasteiger partial charge in [0.1, 0.15) is 5.52 Å². The van der Waals surface area contributed by atoms with Gasteiger partial charge in [0.2, 0.25) is 11.8 Å². The summed E-state index contributed by atoms with van der Waals surface area (Å²) in [7, 11) is 0. The predicted octanol–water partition coefficient (Wildman–Crippen LogP) is 4.79. The molecule has 0 saturated heterocycles. The topological polar surface area (TPSA) is 67.5 Å². The number of carbonyl (C=O) groups is 1. The summed E-state index contributed by atoms with van der Waals surface area (Å²) in [5.74, 6) is 0.528. The van der Waals surface area contributed by atoms with Crippen molar-refractivity contribution in [1.82, 2.24) is 10.4 Å². The largest absolute Gasteiger partial charge is 0.436 e. The van der Waals surface area contributed by atoms with Crippen molar-refractivity contribution in [3.05, 3.63) is 53.1 Å². The summed E-state index contributed by atoms with van der Waals surface area (Å²) in [5, 5.41) is 4.91. The first kappa shape index (κ1) is 16.8. The van der Waals surface area contributed by atoms with Crippen molar-refractivity contribution in [2.24, 2.45) is 11.0 Å². The summed E-state index contributed by atoms with van der Waals surface area (Å²) in [6, 6.07) is 13.2. The molecule has 1 aliphatic heterocycles. The minimum Gasteiger partial charge on any atom is -0.436 e. The normalized spacial score (nSPS) is 17.2. The summed E-state index contributed by atoms with van der Waals surface area (Å²) in [4.78, 5) is 16.4. The third-order valence-electron chi connectivity index (χ3n) is 4.56. The van der Waals surface area contributed by atoms with Gasteiger partial charge in [-0.15, -0.1) is 0 Å². The van der Waals surface area contributed by atoms with Gasteiger partial charge in [-0.05, 0) is 42.8 Å². The Bertz CT molecular complexity index is 992. The number of oxazole rings is 1. The molecule has 1 amide bonds. The number of aromatic nitrogens is 1. The lowest BCUT2D eigenvalue weighted by Crippen LogP contribution is -2.34.